The summed E-state index contributed by atoms with van der Waals surface area (Å²) in [6, 6.07) is 1.56. The number of rotatable bonds is 1. The fourth-order valence-corrected chi connectivity index (χ4v) is 1.74. The summed E-state index contributed by atoms with van der Waals surface area (Å²) in [6.07, 6.45) is 0.381. The minimum absolute atomic E-state index is 0.189. The molecule has 0 fully saturated rings. The highest BCUT2D eigenvalue weighted by Gasteiger charge is 2.28. The van der Waals surface area contributed by atoms with E-state index < -0.39 is 11.6 Å². The fraction of sp³-hybridized carbons (Fsp3) is 0.364. The number of nitrogen functional groups attached to an aromatic ring is 1. The van der Waals surface area contributed by atoms with Crippen molar-refractivity contribution in [2.45, 2.75) is 26.3 Å². The molecule has 2 heterocycles. The van der Waals surface area contributed by atoms with Crippen LogP contribution in [0.25, 0.3) is 11.1 Å². The first-order valence-corrected chi connectivity index (χ1v) is 5.35. The number of aromatic nitrogens is 2. The summed E-state index contributed by atoms with van der Waals surface area (Å²) in [5.74, 6) is 0.189. The van der Waals surface area contributed by atoms with Crippen molar-refractivity contribution < 1.29 is 14.4 Å². The van der Waals surface area contributed by atoms with Crippen molar-refractivity contribution in [2.24, 2.45) is 0 Å². The van der Waals surface area contributed by atoms with E-state index in [-0.39, 0.29) is 5.82 Å². The van der Waals surface area contributed by atoms with E-state index in [0.29, 0.717) is 16.8 Å². The molecule has 2 rings (SSSR count). The van der Waals surface area contributed by atoms with Crippen molar-refractivity contribution in [3.05, 3.63) is 12.3 Å². The minimum atomic E-state index is -1.06. The lowest BCUT2D eigenvalue weighted by Gasteiger charge is -2.32. The molecule has 0 aliphatic rings. The van der Waals surface area contributed by atoms with Crippen molar-refractivity contribution in [3.8, 4) is 0 Å². The molecule has 0 unspecified atom stereocenters. The van der Waals surface area contributed by atoms with Gasteiger partial charge in [-0.2, -0.15) is 0 Å². The standard InChI is InChI=1S/C11H14N4O3/c1-11(2,3)15(10(16)17)6-4-7-8(13-5-6)9(12)14-18-7/h4-5H,1-3H3,(H2,12,14)(H,16,17). The Morgan fingerprint density at radius 1 is 1.50 bits per heavy atom. The number of nitrogens with zero attached hydrogens (tertiary/aromatic N) is 3. The molecule has 0 radical (unpaired) electrons. The first kappa shape index (κ1) is 12.2. The maximum atomic E-state index is 11.3. The van der Waals surface area contributed by atoms with E-state index in [1.165, 1.54) is 11.1 Å². The number of pyridine rings is 1. The molecule has 18 heavy (non-hydrogen) atoms. The first-order valence-electron chi connectivity index (χ1n) is 5.35. The van der Waals surface area contributed by atoms with E-state index in [2.05, 4.69) is 10.1 Å². The Morgan fingerprint density at radius 3 is 2.72 bits per heavy atom. The zero-order valence-electron chi connectivity index (χ0n) is 10.3. The quantitative estimate of drug-likeness (QED) is 0.802. The molecule has 2 aromatic rings. The monoisotopic (exact) mass is 250 g/mol. The summed E-state index contributed by atoms with van der Waals surface area (Å²) in [4.78, 5) is 16.6. The van der Waals surface area contributed by atoms with Crippen molar-refractivity contribution >= 4 is 28.7 Å². The van der Waals surface area contributed by atoms with Gasteiger partial charge < -0.3 is 15.4 Å². The van der Waals surface area contributed by atoms with Gasteiger partial charge in [0.1, 0.15) is 0 Å². The Morgan fingerprint density at radius 2 is 2.17 bits per heavy atom. The smallest absolute Gasteiger partial charge is 0.412 e. The van der Waals surface area contributed by atoms with Crippen LogP contribution in [0.15, 0.2) is 16.8 Å². The molecule has 2 aromatic heterocycles. The SMILES string of the molecule is CC(C)(C)N(C(=O)O)c1cnc2c(N)noc2c1. The van der Waals surface area contributed by atoms with Crippen LogP contribution in [0.2, 0.25) is 0 Å². The second-order valence-electron chi connectivity index (χ2n) is 4.90. The molecule has 0 aliphatic carbocycles. The number of anilines is 2. The van der Waals surface area contributed by atoms with E-state index in [0.717, 1.165) is 0 Å². The molecule has 0 bridgehead atoms. The van der Waals surface area contributed by atoms with Gasteiger partial charge in [-0.25, -0.2) is 9.78 Å². The third-order valence-electron chi connectivity index (χ3n) is 2.44. The largest absolute Gasteiger partial charge is 0.465 e. The van der Waals surface area contributed by atoms with Crippen LogP contribution in [0.4, 0.5) is 16.3 Å². The van der Waals surface area contributed by atoms with Gasteiger partial charge in [0, 0.05) is 11.6 Å². The number of hydrogen-bond acceptors (Lipinski definition) is 5. The highest BCUT2D eigenvalue weighted by Crippen LogP contribution is 2.27. The van der Waals surface area contributed by atoms with Gasteiger partial charge in [0.25, 0.3) is 0 Å². The first-order chi connectivity index (χ1) is 8.30. The number of hydrogen-bond donors (Lipinski definition) is 2. The Bertz CT molecular complexity index is 600. The number of fused-ring (bicyclic) bond motifs is 1. The molecule has 0 aromatic carbocycles. The molecule has 0 spiro atoms. The van der Waals surface area contributed by atoms with E-state index in [1.807, 2.05) is 0 Å². The zero-order valence-corrected chi connectivity index (χ0v) is 10.3. The zero-order chi connectivity index (χ0) is 13.5. The Labute approximate surface area is 103 Å². The van der Waals surface area contributed by atoms with Crippen molar-refractivity contribution in [3.63, 3.8) is 0 Å². The minimum Gasteiger partial charge on any atom is -0.465 e. The lowest BCUT2D eigenvalue weighted by Crippen LogP contribution is -2.45. The van der Waals surface area contributed by atoms with Crippen LogP contribution in [-0.4, -0.2) is 26.9 Å². The highest BCUT2D eigenvalue weighted by molar-refractivity contribution is 5.91. The van der Waals surface area contributed by atoms with Crippen molar-refractivity contribution in [1.29, 1.82) is 0 Å². The number of nitrogens with two attached hydrogens (primary N) is 1. The van der Waals surface area contributed by atoms with E-state index in [1.54, 1.807) is 26.8 Å². The summed E-state index contributed by atoms with van der Waals surface area (Å²) in [5, 5.41) is 12.8. The van der Waals surface area contributed by atoms with Crippen LogP contribution >= 0.6 is 0 Å². The van der Waals surface area contributed by atoms with E-state index in [9.17, 15) is 9.90 Å². The van der Waals surface area contributed by atoms with Crippen LogP contribution < -0.4 is 10.6 Å². The molecule has 0 aliphatic heterocycles. The van der Waals surface area contributed by atoms with Crippen LogP contribution in [0.5, 0.6) is 0 Å². The van der Waals surface area contributed by atoms with Crippen LogP contribution in [0, 0.1) is 0 Å². The topological polar surface area (TPSA) is 105 Å². The second-order valence-corrected chi connectivity index (χ2v) is 4.90. The molecular weight excluding hydrogens is 236 g/mol. The summed E-state index contributed by atoms with van der Waals surface area (Å²) in [5.41, 5.74) is 6.17. The number of amides is 1. The van der Waals surface area contributed by atoms with Crippen molar-refractivity contribution in [2.75, 3.05) is 10.6 Å². The van der Waals surface area contributed by atoms with Gasteiger partial charge in [-0.3, -0.25) is 4.90 Å². The lowest BCUT2D eigenvalue weighted by atomic mass is 10.1. The summed E-state index contributed by atoms with van der Waals surface area (Å²) >= 11 is 0. The molecule has 1 amide bonds. The molecule has 0 saturated carbocycles. The number of carboxylic acid groups (broad SMARTS) is 1. The fourth-order valence-electron chi connectivity index (χ4n) is 1.74. The predicted octanol–water partition coefficient (Wildman–Crippen LogP) is 2.09. The van der Waals surface area contributed by atoms with E-state index >= 15 is 0 Å². The Balaban J connectivity index is 2.55. The van der Waals surface area contributed by atoms with Gasteiger partial charge >= 0.3 is 6.09 Å². The van der Waals surface area contributed by atoms with Crippen LogP contribution in [0.3, 0.4) is 0 Å². The Hall–Kier alpha value is -2.31. The summed E-state index contributed by atoms with van der Waals surface area (Å²) < 4.78 is 4.97. The summed E-state index contributed by atoms with van der Waals surface area (Å²) in [6.45, 7) is 5.38. The van der Waals surface area contributed by atoms with Gasteiger partial charge in [-0.05, 0) is 20.8 Å². The van der Waals surface area contributed by atoms with Gasteiger partial charge in [0.05, 0.1) is 11.9 Å². The molecule has 0 saturated heterocycles. The normalized spacial score (nSPS) is 11.7. The molecular formula is C11H14N4O3. The third-order valence-corrected chi connectivity index (χ3v) is 2.44. The van der Waals surface area contributed by atoms with Crippen molar-refractivity contribution in [1.82, 2.24) is 10.1 Å². The predicted molar refractivity (Wildman–Crippen MR) is 66.5 cm³/mol. The highest BCUT2D eigenvalue weighted by atomic mass is 16.5. The maximum Gasteiger partial charge on any atom is 0.412 e. The second kappa shape index (κ2) is 3.86. The van der Waals surface area contributed by atoms with Gasteiger partial charge in [0.15, 0.2) is 16.9 Å². The molecule has 3 N–H and O–H groups in total. The van der Waals surface area contributed by atoms with Gasteiger partial charge in [0.2, 0.25) is 0 Å². The molecule has 0 atom stereocenters. The average Bonchev–Trinajstić information content (AvgIpc) is 2.57. The average molecular weight is 250 g/mol. The summed E-state index contributed by atoms with van der Waals surface area (Å²) in [7, 11) is 0. The van der Waals surface area contributed by atoms with E-state index in [4.69, 9.17) is 10.3 Å². The Kier molecular flexibility index (Phi) is 2.61. The third kappa shape index (κ3) is 1.94. The molecule has 7 nitrogen and oxygen atoms in total. The van der Waals surface area contributed by atoms with Gasteiger partial charge in [-0.1, -0.05) is 5.16 Å². The van der Waals surface area contributed by atoms with Crippen LogP contribution in [0.1, 0.15) is 20.8 Å². The molecule has 7 heteroatoms. The lowest BCUT2D eigenvalue weighted by molar-refractivity contribution is 0.195. The van der Waals surface area contributed by atoms with Gasteiger partial charge in [-0.15, -0.1) is 0 Å². The molecule has 96 valence electrons. The maximum absolute atomic E-state index is 11.3. The number of carbonyl (C=O) groups is 1. The van der Waals surface area contributed by atoms with Crippen LogP contribution in [-0.2, 0) is 0 Å².